The number of nitrogens with one attached hydrogen (secondary N) is 1. The number of nitrogens with zero attached hydrogens (tertiary/aromatic N) is 1. The lowest BCUT2D eigenvalue weighted by Crippen LogP contribution is -2.22. The number of methoxy groups -OCH3 is 1. The van der Waals surface area contributed by atoms with Gasteiger partial charge in [-0.2, -0.15) is 0 Å². The minimum atomic E-state index is 0.568. The van der Waals surface area contributed by atoms with Crippen molar-refractivity contribution in [3.8, 4) is 5.75 Å². The first-order chi connectivity index (χ1) is 9.71. The van der Waals surface area contributed by atoms with Gasteiger partial charge >= 0.3 is 0 Å². The molecule has 1 N–H and O–H groups in total. The second-order valence-corrected chi connectivity index (χ2v) is 6.01. The van der Waals surface area contributed by atoms with Gasteiger partial charge in [-0.25, -0.2) is 4.98 Å². The molecule has 0 bridgehead atoms. The maximum absolute atomic E-state index is 5.20. The number of ether oxygens (including phenoxy) is 1. The predicted octanol–water partition coefficient (Wildman–Crippen LogP) is 3.08. The Morgan fingerprint density at radius 1 is 1.25 bits per heavy atom. The summed E-state index contributed by atoms with van der Waals surface area (Å²) in [6.07, 6.45) is 2.09. The van der Waals surface area contributed by atoms with Crippen molar-refractivity contribution in [3.63, 3.8) is 0 Å². The van der Waals surface area contributed by atoms with E-state index in [1.807, 2.05) is 19.2 Å². The van der Waals surface area contributed by atoms with Gasteiger partial charge in [0.05, 0.1) is 12.1 Å². The first-order valence-corrected chi connectivity index (χ1v) is 7.77. The maximum atomic E-state index is 5.20. The third kappa shape index (κ3) is 4.32. The van der Waals surface area contributed by atoms with E-state index in [2.05, 4.69) is 34.7 Å². The first kappa shape index (κ1) is 15.0. The molecule has 0 aliphatic carbocycles. The van der Waals surface area contributed by atoms with Gasteiger partial charge < -0.3 is 10.1 Å². The first-order valence-electron chi connectivity index (χ1n) is 6.89. The molecule has 0 saturated heterocycles. The Morgan fingerprint density at radius 3 is 2.55 bits per heavy atom. The van der Waals surface area contributed by atoms with Gasteiger partial charge in [0, 0.05) is 17.5 Å². The summed E-state index contributed by atoms with van der Waals surface area (Å²) in [5.74, 6) is 1.48. The van der Waals surface area contributed by atoms with Gasteiger partial charge in [-0.3, -0.25) is 0 Å². The molecule has 0 fully saturated rings. The summed E-state index contributed by atoms with van der Waals surface area (Å²) >= 11 is 1.76. The number of hydrogen-bond acceptors (Lipinski definition) is 4. The van der Waals surface area contributed by atoms with E-state index in [0.717, 1.165) is 30.8 Å². The summed E-state index contributed by atoms with van der Waals surface area (Å²) in [5, 5.41) is 6.65. The van der Waals surface area contributed by atoms with Crippen LogP contribution in [0.2, 0.25) is 0 Å². The summed E-state index contributed by atoms with van der Waals surface area (Å²) in [7, 11) is 3.71. The van der Waals surface area contributed by atoms with Crippen LogP contribution in [0.3, 0.4) is 0 Å². The topological polar surface area (TPSA) is 34.1 Å². The number of thiazole rings is 1. The van der Waals surface area contributed by atoms with E-state index in [1.165, 1.54) is 10.6 Å². The van der Waals surface area contributed by atoms with Crippen molar-refractivity contribution in [3.05, 3.63) is 45.9 Å². The summed E-state index contributed by atoms with van der Waals surface area (Å²) in [6.45, 7) is 3.06. The molecule has 2 aromatic rings. The Morgan fingerprint density at radius 2 is 2.00 bits per heavy atom. The van der Waals surface area contributed by atoms with E-state index in [-0.39, 0.29) is 0 Å². The highest BCUT2D eigenvalue weighted by Gasteiger charge is 2.12. The number of rotatable bonds is 7. The van der Waals surface area contributed by atoms with Crippen LogP contribution in [0.15, 0.2) is 29.6 Å². The molecule has 1 aromatic carbocycles. The van der Waals surface area contributed by atoms with Gasteiger partial charge in [-0.05, 0) is 50.6 Å². The second-order valence-electron chi connectivity index (χ2n) is 5.06. The number of aromatic nitrogens is 1. The van der Waals surface area contributed by atoms with E-state index < -0.39 is 0 Å². The van der Waals surface area contributed by atoms with Crippen LogP contribution in [-0.2, 0) is 12.8 Å². The Labute approximate surface area is 125 Å². The highest BCUT2D eigenvalue weighted by Crippen LogP contribution is 2.19. The monoisotopic (exact) mass is 290 g/mol. The molecular formula is C16H22N2OS. The zero-order valence-electron chi connectivity index (χ0n) is 12.3. The average Bonchev–Trinajstić information content (AvgIpc) is 2.85. The molecule has 20 heavy (non-hydrogen) atoms. The Kier molecular flexibility index (Phi) is 5.56. The third-order valence-corrected chi connectivity index (χ3v) is 4.30. The van der Waals surface area contributed by atoms with Crippen molar-refractivity contribution in [2.75, 3.05) is 20.7 Å². The molecule has 3 nitrogen and oxygen atoms in total. The van der Waals surface area contributed by atoms with Crippen LogP contribution in [0.4, 0.5) is 0 Å². The fourth-order valence-corrected chi connectivity index (χ4v) is 3.23. The Hall–Kier alpha value is -1.39. The smallest absolute Gasteiger partial charge is 0.118 e. The van der Waals surface area contributed by atoms with E-state index in [0.29, 0.717) is 5.92 Å². The molecule has 4 heteroatoms. The van der Waals surface area contributed by atoms with Gasteiger partial charge in [-0.15, -0.1) is 11.3 Å². The fraction of sp³-hybridized carbons (Fsp3) is 0.438. The molecule has 108 valence electrons. The van der Waals surface area contributed by atoms with Crippen LogP contribution in [0.1, 0.15) is 16.3 Å². The quantitative estimate of drug-likeness (QED) is 0.851. The van der Waals surface area contributed by atoms with Gasteiger partial charge in [-0.1, -0.05) is 12.1 Å². The Bertz CT molecular complexity index is 522. The average molecular weight is 290 g/mol. The molecule has 0 amide bonds. The van der Waals surface area contributed by atoms with Crippen LogP contribution in [0, 0.1) is 12.8 Å². The summed E-state index contributed by atoms with van der Waals surface area (Å²) in [5.41, 5.74) is 2.47. The lowest BCUT2D eigenvalue weighted by Gasteiger charge is -2.15. The molecule has 0 aliphatic rings. The molecule has 1 aromatic heterocycles. The van der Waals surface area contributed by atoms with E-state index in [1.54, 1.807) is 18.4 Å². The van der Waals surface area contributed by atoms with E-state index >= 15 is 0 Å². The number of benzene rings is 1. The van der Waals surface area contributed by atoms with Gasteiger partial charge in [0.2, 0.25) is 0 Å². The molecule has 2 rings (SSSR count). The van der Waals surface area contributed by atoms with Crippen LogP contribution >= 0.6 is 11.3 Å². The molecule has 1 atom stereocenters. The number of hydrogen-bond donors (Lipinski definition) is 1. The second kappa shape index (κ2) is 7.41. The van der Waals surface area contributed by atoms with Crippen LogP contribution in [-0.4, -0.2) is 25.7 Å². The summed E-state index contributed by atoms with van der Waals surface area (Å²) in [6, 6.07) is 8.35. The van der Waals surface area contributed by atoms with Crippen LogP contribution in [0.5, 0.6) is 5.75 Å². The summed E-state index contributed by atoms with van der Waals surface area (Å²) in [4.78, 5) is 4.57. The fourth-order valence-electron chi connectivity index (χ4n) is 2.34. The van der Waals surface area contributed by atoms with Crippen molar-refractivity contribution >= 4 is 11.3 Å². The SMILES string of the molecule is CNCC(Cc1ccc(OC)cc1)Cc1nc(C)cs1. The van der Waals surface area contributed by atoms with Crippen molar-refractivity contribution < 1.29 is 4.74 Å². The molecule has 0 aliphatic heterocycles. The lowest BCUT2D eigenvalue weighted by molar-refractivity contribution is 0.414. The van der Waals surface area contributed by atoms with Crippen molar-refractivity contribution in [2.24, 2.45) is 5.92 Å². The normalized spacial score (nSPS) is 12.3. The summed E-state index contributed by atoms with van der Waals surface area (Å²) < 4.78 is 5.20. The molecule has 0 spiro atoms. The highest BCUT2D eigenvalue weighted by atomic mass is 32.1. The van der Waals surface area contributed by atoms with Gasteiger partial charge in [0.15, 0.2) is 0 Å². The molecular weight excluding hydrogens is 268 g/mol. The third-order valence-electron chi connectivity index (χ3n) is 3.31. The molecule has 1 unspecified atom stereocenters. The molecule has 0 saturated carbocycles. The van der Waals surface area contributed by atoms with Crippen LogP contribution < -0.4 is 10.1 Å². The van der Waals surface area contributed by atoms with Crippen molar-refractivity contribution in [1.29, 1.82) is 0 Å². The Balaban J connectivity index is 2.00. The van der Waals surface area contributed by atoms with E-state index in [4.69, 9.17) is 4.74 Å². The lowest BCUT2D eigenvalue weighted by atomic mass is 9.96. The van der Waals surface area contributed by atoms with Gasteiger partial charge in [0.1, 0.15) is 5.75 Å². The van der Waals surface area contributed by atoms with Crippen molar-refractivity contribution in [1.82, 2.24) is 10.3 Å². The van der Waals surface area contributed by atoms with E-state index in [9.17, 15) is 0 Å². The largest absolute Gasteiger partial charge is 0.497 e. The maximum Gasteiger partial charge on any atom is 0.118 e. The zero-order chi connectivity index (χ0) is 14.4. The minimum Gasteiger partial charge on any atom is -0.497 e. The zero-order valence-corrected chi connectivity index (χ0v) is 13.2. The van der Waals surface area contributed by atoms with Gasteiger partial charge in [0.25, 0.3) is 0 Å². The standard InChI is InChI=1S/C16H22N2OS/c1-12-11-20-16(18-12)9-14(10-17-2)8-13-4-6-15(19-3)7-5-13/h4-7,11,14,17H,8-10H2,1-3H3. The minimum absolute atomic E-state index is 0.568. The highest BCUT2D eigenvalue weighted by molar-refractivity contribution is 7.09. The van der Waals surface area contributed by atoms with Crippen molar-refractivity contribution in [2.45, 2.75) is 19.8 Å². The van der Waals surface area contributed by atoms with Crippen LogP contribution in [0.25, 0.3) is 0 Å². The molecule has 1 heterocycles. The predicted molar refractivity (Wildman–Crippen MR) is 84.7 cm³/mol. The molecule has 0 radical (unpaired) electrons. The number of aryl methyl sites for hydroxylation is 1.